The van der Waals surface area contributed by atoms with E-state index in [0.29, 0.717) is 28.4 Å². The van der Waals surface area contributed by atoms with E-state index in [1.165, 1.54) is 30.8 Å². The van der Waals surface area contributed by atoms with Crippen LogP contribution in [0.25, 0.3) is 11.5 Å². The molecule has 3 rings (SSSR count). The second kappa shape index (κ2) is 7.01. The summed E-state index contributed by atoms with van der Waals surface area (Å²) in [6, 6.07) is 7.34. The maximum absolute atomic E-state index is 12.9. The lowest BCUT2D eigenvalue weighted by molar-refractivity contribution is -0.115. The van der Waals surface area contributed by atoms with Gasteiger partial charge in [-0.3, -0.25) is 9.78 Å². The number of hydrogen-bond donors (Lipinski definition) is 2. The number of pyridine rings is 1. The molecule has 0 fully saturated rings. The zero-order chi connectivity index (χ0) is 16.9. The summed E-state index contributed by atoms with van der Waals surface area (Å²) in [5.74, 6) is -0.340. The molecule has 0 aliphatic rings. The number of anilines is 1. The molecule has 0 spiro atoms. The van der Waals surface area contributed by atoms with Crippen LogP contribution in [0, 0.1) is 5.82 Å². The molecule has 1 aromatic carbocycles. The Labute approximate surface area is 137 Å². The fourth-order valence-corrected chi connectivity index (χ4v) is 2.15. The Balaban J connectivity index is 1.68. The molecule has 0 aliphatic heterocycles. The van der Waals surface area contributed by atoms with Gasteiger partial charge in [0, 0.05) is 17.3 Å². The summed E-state index contributed by atoms with van der Waals surface area (Å²) >= 11 is 0. The summed E-state index contributed by atoms with van der Waals surface area (Å²) in [7, 11) is 0. The monoisotopic (exact) mass is 327 g/mol. The quantitative estimate of drug-likeness (QED) is 0.752. The van der Waals surface area contributed by atoms with Gasteiger partial charge in [-0.15, -0.1) is 0 Å². The molecule has 0 unspecified atom stereocenters. The Bertz CT molecular complexity index is 846. The molecule has 24 heavy (non-hydrogen) atoms. The van der Waals surface area contributed by atoms with E-state index >= 15 is 0 Å². The maximum atomic E-state index is 12.9. The number of aromatic nitrogens is 2. The first-order valence-corrected chi connectivity index (χ1v) is 7.19. The van der Waals surface area contributed by atoms with Crippen LogP contribution in [0.2, 0.25) is 0 Å². The van der Waals surface area contributed by atoms with E-state index in [4.69, 9.17) is 4.42 Å². The van der Waals surface area contributed by atoms with Crippen molar-refractivity contribution in [1.29, 1.82) is 0 Å². The Morgan fingerprint density at radius 2 is 2.04 bits per heavy atom. The summed E-state index contributed by atoms with van der Waals surface area (Å²) in [6.07, 6.45) is 4.39. The standard InChI is InChI=1S/C17H14FN3O3/c18-13-3-1-11(2-4-13)17-20-14(10-24-17)7-16(23)21-15-8-19-6-5-12(15)9-22/h1-6,8,10,22H,7,9H2,(H,21,23). The molecule has 0 bridgehead atoms. The number of halogens is 1. The predicted octanol–water partition coefficient (Wildman–Crippen LogP) is 2.55. The van der Waals surface area contributed by atoms with E-state index in [2.05, 4.69) is 15.3 Å². The number of amides is 1. The second-order valence-electron chi connectivity index (χ2n) is 5.07. The van der Waals surface area contributed by atoms with Crippen molar-refractivity contribution in [2.24, 2.45) is 0 Å². The van der Waals surface area contributed by atoms with E-state index in [9.17, 15) is 14.3 Å². The highest BCUT2D eigenvalue weighted by molar-refractivity contribution is 5.92. The molecular formula is C17H14FN3O3. The Morgan fingerprint density at radius 1 is 1.25 bits per heavy atom. The molecule has 2 N–H and O–H groups in total. The van der Waals surface area contributed by atoms with E-state index in [0.717, 1.165) is 0 Å². The minimum atomic E-state index is -0.346. The number of nitrogens with zero attached hydrogens (tertiary/aromatic N) is 2. The molecule has 0 atom stereocenters. The number of aliphatic hydroxyl groups is 1. The van der Waals surface area contributed by atoms with Crippen molar-refractivity contribution in [2.45, 2.75) is 13.0 Å². The number of hydrogen-bond acceptors (Lipinski definition) is 5. The summed E-state index contributed by atoms with van der Waals surface area (Å²) < 4.78 is 18.2. The van der Waals surface area contributed by atoms with Crippen LogP contribution in [0.15, 0.2) is 53.4 Å². The Kier molecular flexibility index (Phi) is 4.62. The Morgan fingerprint density at radius 3 is 2.79 bits per heavy atom. The van der Waals surface area contributed by atoms with Gasteiger partial charge in [0.25, 0.3) is 0 Å². The third kappa shape index (κ3) is 3.64. The van der Waals surface area contributed by atoms with E-state index < -0.39 is 0 Å². The van der Waals surface area contributed by atoms with Gasteiger partial charge < -0.3 is 14.8 Å². The van der Waals surface area contributed by atoms with Gasteiger partial charge in [-0.25, -0.2) is 9.37 Å². The maximum Gasteiger partial charge on any atom is 0.230 e. The van der Waals surface area contributed by atoms with Gasteiger partial charge in [-0.1, -0.05) is 0 Å². The number of carbonyl (C=O) groups excluding carboxylic acids is 1. The van der Waals surface area contributed by atoms with Crippen LogP contribution < -0.4 is 5.32 Å². The van der Waals surface area contributed by atoms with Crippen molar-refractivity contribution >= 4 is 11.6 Å². The molecule has 0 saturated carbocycles. The summed E-state index contributed by atoms with van der Waals surface area (Å²) in [5.41, 5.74) is 2.09. The minimum Gasteiger partial charge on any atom is -0.444 e. The van der Waals surface area contributed by atoms with Crippen molar-refractivity contribution in [1.82, 2.24) is 9.97 Å². The third-order valence-corrected chi connectivity index (χ3v) is 3.34. The largest absolute Gasteiger partial charge is 0.444 e. The van der Waals surface area contributed by atoms with Gasteiger partial charge in [0.15, 0.2) is 0 Å². The molecule has 0 aliphatic carbocycles. The first-order chi connectivity index (χ1) is 11.7. The van der Waals surface area contributed by atoms with Crippen molar-refractivity contribution in [3.05, 3.63) is 66.1 Å². The van der Waals surface area contributed by atoms with Crippen LogP contribution in [0.1, 0.15) is 11.3 Å². The second-order valence-corrected chi connectivity index (χ2v) is 5.07. The summed E-state index contributed by atoms with van der Waals surface area (Å²) in [5, 5.41) is 11.9. The van der Waals surface area contributed by atoms with Gasteiger partial charge >= 0.3 is 0 Å². The molecule has 2 heterocycles. The molecule has 0 radical (unpaired) electrons. The van der Waals surface area contributed by atoms with Gasteiger partial charge in [0.2, 0.25) is 11.8 Å². The topological polar surface area (TPSA) is 88.3 Å². The molecular weight excluding hydrogens is 313 g/mol. The van der Waals surface area contributed by atoms with Crippen molar-refractivity contribution in [2.75, 3.05) is 5.32 Å². The number of benzene rings is 1. The van der Waals surface area contributed by atoms with Crippen LogP contribution in [0.3, 0.4) is 0 Å². The van der Waals surface area contributed by atoms with Crippen LogP contribution in [0.4, 0.5) is 10.1 Å². The summed E-state index contributed by atoms with van der Waals surface area (Å²) in [6.45, 7) is -0.198. The molecule has 0 saturated heterocycles. The lowest BCUT2D eigenvalue weighted by Gasteiger charge is -2.07. The highest BCUT2D eigenvalue weighted by Gasteiger charge is 2.12. The van der Waals surface area contributed by atoms with Gasteiger partial charge in [-0.05, 0) is 30.3 Å². The zero-order valence-electron chi connectivity index (χ0n) is 12.6. The first kappa shape index (κ1) is 15.8. The highest BCUT2D eigenvalue weighted by Crippen LogP contribution is 2.19. The van der Waals surface area contributed by atoms with Crippen molar-refractivity contribution < 1.29 is 18.7 Å². The molecule has 7 heteroatoms. The van der Waals surface area contributed by atoms with Crippen LogP contribution in [0.5, 0.6) is 0 Å². The number of rotatable bonds is 5. The van der Waals surface area contributed by atoms with Crippen LogP contribution in [-0.2, 0) is 17.8 Å². The average Bonchev–Trinajstić information content (AvgIpc) is 3.04. The number of carbonyl (C=O) groups is 1. The van der Waals surface area contributed by atoms with Gasteiger partial charge in [0.05, 0.1) is 30.6 Å². The fraction of sp³-hybridized carbons (Fsp3) is 0.118. The average molecular weight is 327 g/mol. The normalized spacial score (nSPS) is 10.6. The lowest BCUT2D eigenvalue weighted by Crippen LogP contribution is -2.16. The molecule has 6 nitrogen and oxygen atoms in total. The lowest BCUT2D eigenvalue weighted by atomic mass is 10.2. The summed E-state index contributed by atoms with van der Waals surface area (Å²) in [4.78, 5) is 20.2. The van der Waals surface area contributed by atoms with Crippen molar-refractivity contribution in [3.8, 4) is 11.5 Å². The minimum absolute atomic E-state index is 0.00442. The van der Waals surface area contributed by atoms with Gasteiger partial charge in [0.1, 0.15) is 12.1 Å². The van der Waals surface area contributed by atoms with E-state index in [1.54, 1.807) is 18.2 Å². The van der Waals surface area contributed by atoms with Gasteiger partial charge in [-0.2, -0.15) is 0 Å². The smallest absolute Gasteiger partial charge is 0.230 e. The molecule has 2 aromatic heterocycles. The number of oxazole rings is 1. The number of nitrogens with one attached hydrogen (secondary N) is 1. The number of aliphatic hydroxyl groups excluding tert-OH is 1. The predicted molar refractivity (Wildman–Crippen MR) is 84.4 cm³/mol. The zero-order valence-corrected chi connectivity index (χ0v) is 12.6. The molecule has 1 amide bonds. The first-order valence-electron chi connectivity index (χ1n) is 7.19. The van der Waals surface area contributed by atoms with Crippen molar-refractivity contribution in [3.63, 3.8) is 0 Å². The fourth-order valence-electron chi connectivity index (χ4n) is 2.15. The van der Waals surface area contributed by atoms with E-state index in [1.807, 2.05) is 0 Å². The van der Waals surface area contributed by atoms with Crippen LogP contribution in [-0.4, -0.2) is 21.0 Å². The van der Waals surface area contributed by atoms with Crippen LogP contribution >= 0.6 is 0 Å². The van der Waals surface area contributed by atoms with E-state index in [-0.39, 0.29) is 24.8 Å². The third-order valence-electron chi connectivity index (χ3n) is 3.34. The SMILES string of the molecule is O=C(Cc1coc(-c2ccc(F)cc2)n1)Nc1cnccc1CO. The highest BCUT2D eigenvalue weighted by atomic mass is 19.1. The molecule has 122 valence electrons. The molecule has 3 aromatic rings. The Hall–Kier alpha value is -3.06.